The van der Waals surface area contributed by atoms with Crippen molar-refractivity contribution >= 4 is 0 Å². The fraction of sp³-hybridized carbons (Fsp3) is 1.00. The van der Waals surface area contributed by atoms with Crippen LogP contribution in [0.2, 0.25) is 0 Å². The molecule has 1 aliphatic rings. The van der Waals surface area contributed by atoms with E-state index in [0.717, 1.165) is 19.3 Å². The first-order valence-corrected chi connectivity index (χ1v) is 6.44. The first kappa shape index (κ1) is 13.0. The minimum absolute atomic E-state index is 0.0807. The van der Waals surface area contributed by atoms with Crippen LogP contribution >= 0.6 is 0 Å². The molecule has 1 fully saturated rings. The van der Waals surface area contributed by atoms with Crippen LogP contribution < -0.4 is 0 Å². The smallest absolute Gasteiger partial charge is 0.0538 e. The predicted octanol–water partition coefficient (Wildman–Crippen LogP) is 2.66. The number of rotatable bonds is 5. The fourth-order valence-corrected chi connectivity index (χ4v) is 2.49. The summed E-state index contributed by atoms with van der Waals surface area (Å²) >= 11 is 0. The third-order valence-electron chi connectivity index (χ3n) is 3.46. The molecule has 0 aromatic carbocycles. The van der Waals surface area contributed by atoms with Crippen molar-refractivity contribution in [1.82, 2.24) is 4.90 Å². The number of piperidine rings is 1. The van der Waals surface area contributed by atoms with Gasteiger partial charge in [0.15, 0.2) is 0 Å². The summed E-state index contributed by atoms with van der Waals surface area (Å²) in [5.41, 5.74) is 0.502. The summed E-state index contributed by atoms with van der Waals surface area (Å²) in [4.78, 5) is 2.56. The maximum atomic E-state index is 9.47. The van der Waals surface area contributed by atoms with Gasteiger partial charge < -0.3 is 10.0 Å². The van der Waals surface area contributed by atoms with Gasteiger partial charge in [-0.25, -0.2) is 0 Å². The zero-order chi connectivity index (χ0) is 11.3. The first-order chi connectivity index (χ1) is 7.03. The van der Waals surface area contributed by atoms with Gasteiger partial charge in [0.05, 0.1) is 6.10 Å². The lowest BCUT2D eigenvalue weighted by atomic mass is 9.84. The Hall–Kier alpha value is -0.0800. The Labute approximate surface area is 94.7 Å². The van der Waals surface area contributed by atoms with Crippen LogP contribution in [0.1, 0.15) is 52.9 Å². The Bertz CT molecular complexity index is 179. The van der Waals surface area contributed by atoms with Crippen molar-refractivity contribution in [2.45, 2.75) is 59.0 Å². The molecule has 0 radical (unpaired) electrons. The van der Waals surface area contributed by atoms with Crippen molar-refractivity contribution in [3.63, 3.8) is 0 Å². The van der Waals surface area contributed by atoms with E-state index < -0.39 is 0 Å². The summed E-state index contributed by atoms with van der Waals surface area (Å²) in [6.45, 7) is 10.4. The Morgan fingerprint density at radius 1 is 1.40 bits per heavy atom. The van der Waals surface area contributed by atoms with Gasteiger partial charge in [-0.05, 0) is 50.6 Å². The molecule has 90 valence electrons. The second kappa shape index (κ2) is 5.86. The molecule has 1 saturated heterocycles. The molecule has 1 N–H and O–H groups in total. The molecular weight excluding hydrogens is 186 g/mol. The zero-order valence-electron chi connectivity index (χ0n) is 10.6. The van der Waals surface area contributed by atoms with E-state index in [4.69, 9.17) is 0 Å². The van der Waals surface area contributed by atoms with Crippen LogP contribution in [0.25, 0.3) is 0 Å². The van der Waals surface area contributed by atoms with Crippen LogP contribution in [0, 0.1) is 5.41 Å². The van der Waals surface area contributed by atoms with E-state index >= 15 is 0 Å². The first-order valence-electron chi connectivity index (χ1n) is 6.44. The van der Waals surface area contributed by atoms with Crippen molar-refractivity contribution in [2.24, 2.45) is 5.41 Å². The Morgan fingerprint density at radius 3 is 2.73 bits per heavy atom. The van der Waals surface area contributed by atoms with E-state index in [2.05, 4.69) is 25.7 Å². The third-order valence-corrected chi connectivity index (χ3v) is 3.46. The monoisotopic (exact) mass is 213 g/mol. The van der Waals surface area contributed by atoms with Crippen molar-refractivity contribution < 1.29 is 5.11 Å². The van der Waals surface area contributed by atoms with E-state index in [1.807, 2.05) is 0 Å². The van der Waals surface area contributed by atoms with Crippen LogP contribution in [-0.4, -0.2) is 35.7 Å². The topological polar surface area (TPSA) is 23.5 Å². The minimum Gasteiger partial charge on any atom is -0.393 e. The maximum absolute atomic E-state index is 9.47. The van der Waals surface area contributed by atoms with Crippen molar-refractivity contribution in [3.05, 3.63) is 0 Å². The standard InChI is InChI=1S/C13H27NO/c1-4-12(15)7-5-9-14-10-6-8-13(2,3)11-14/h12,15H,4-11H2,1-3H3. The zero-order valence-corrected chi connectivity index (χ0v) is 10.6. The highest BCUT2D eigenvalue weighted by atomic mass is 16.3. The van der Waals surface area contributed by atoms with Crippen LogP contribution in [0.3, 0.4) is 0 Å². The number of hydrogen-bond acceptors (Lipinski definition) is 2. The number of aliphatic hydroxyl groups is 1. The minimum atomic E-state index is -0.0807. The van der Waals surface area contributed by atoms with Gasteiger partial charge in [0.2, 0.25) is 0 Å². The normalized spacial score (nSPS) is 24.0. The second-order valence-corrected chi connectivity index (χ2v) is 5.75. The van der Waals surface area contributed by atoms with E-state index in [1.165, 1.54) is 32.5 Å². The Kier molecular flexibility index (Phi) is 5.07. The van der Waals surface area contributed by atoms with Gasteiger partial charge in [0, 0.05) is 6.54 Å². The van der Waals surface area contributed by atoms with E-state index in [9.17, 15) is 5.11 Å². The largest absolute Gasteiger partial charge is 0.393 e. The molecule has 1 rings (SSSR count). The maximum Gasteiger partial charge on any atom is 0.0538 e. The molecule has 1 unspecified atom stereocenters. The van der Waals surface area contributed by atoms with Crippen LogP contribution in [0.5, 0.6) is 0 Å². The number of hydrogen-bond donors (Lipinski definition) is 1. The number of nitrogens with zero attached hydrogens (tertiary/aromatic N) is 1. The van der Waals surface area contributed by atoms with Crippen molar-refractivity contribution in [3.8, 4) is 0 Å². The van der Waals surface area contributed by atoms with Gasteiger partial charge in [-0.3, -0.25) is 0 Å². The summed E-state index contributed by atoms with van der Waals surface area (Å²) in [5, 5.41) is 9.47. The number of aliphatic hydroxyl groups excluding tert-OH is 1. The highest BCUT2D eigenvalue weighted by molar-refractivity contribution is 4.79. The van der Waals surface area contributed by atoms with Gasteiger partial charge in [0.1, 0.15) is 0 Å². The van der Waals surface area contributed by atoms with Gasteiger partial charge >= 0.3 is 0 Å². The highest BCUT2D eigenvalue weighted by Gasteiger charge is 2.25. The molecule has 0 bridgehead atoms. The summed E-state index contributed by atoms with van der Waals surface area (Å²) in [5.74, 6) is 0. The molecule has 2 nitrogen and oxygen atoms in total. The van der Waals surface area contributed by atoms with Gasteiger partial charge in [-0.2, -0.15) is 0 Å². The van der Waals surface area contributed by atoms with Crippen molar-refractivity contribution in [2.75, 3.05) is 19.6 Å². The van der Waals surface area contributed by atoms with Crippen LogP contribution in [0.15, 0.2) is 0 Å². The van der Waals surface area contributed by atoms with Crippen molar-refractivity contribution in [1.29, 1.82) is 0 Å². The molecule has 0 aliphatic carbocycles. The summed E-state index contributed by atoms with van der Waals surface area (Å²) < 4.78 is 0. The fourth-order valence-electron chi connectivity index (χ4n) is 2.49. The summed E-state index contributed by atoms with van der Waals surface area (Å²) in [6.07, 6.45) is 5.62. The van der Waals surface area contributed by atoms with Gasteiger partial charge in [-0.15, -0.1) is 0 Å². The summed E-state index contributed by atoms with van der Waals surface area (Å²) in [7, 11) is 0. The van der Waals surface area contributed by atoms with Crippen LogP contribution in [0.4, 0.5) is 0 Å². The molecular formula is C13H27NO. The van der Waals surface area contributed by atoms with E-state index in [-0.39, 0.29) is 6.10 Å². The third kappa shape index (κ3) is 4.98. The lowest BCUT2D eigenvalue weighted by Gasteiger charge is -2.38. The van der Waals surface area contributed by atoms with Crippen LogP contribution in [-0.2, 0) is 0 Å². The SMILES string of the molecule is CCC(O)CCCN1CCCC(C)(C)C1. The highest BCUT2D eigenvalue weighted by Crippen LogP contribution is 2.28. The average Bonchev–Trinajstić information content (AvgIpc) is 2.16. The molecule has 1 aliphatic heterocycles. The summed E-state index contributed by atoms with van der Waals surface area (Å²) in [6, 6.07) is 0. The molecule has 1 heterocycles. The average molecular weight is 213 g/mol. The van der Waals surface area contributed by atoms with E-state index in [1.54, 1.807) is 0 Å². The Morgan fingerprint density at radius 2 is 2.13 bits per heavy atom. The Balaban J connectivity index is 2.16. The lowest BCUT2D eigenvalue weighted by molar-refractivity contribution is 0.105. The van der Waals surface area contributed by atoms with Gasteiger partial charge in [-0.1, -0.05) is 20.8 Å². The molecule has 1 atom stereocenters. The molecule has 0 aromatic heterocycles. The lowest BCUT2D eigenvalue weighted by Crippen LogP contribution is -2.40. The predicted molar refractivity (Wildman–Crippen MR) is 65.0 cm³/mol. The second-order valence-electron chi connectivity index (χ2n) is 5.75. The molecule has 0 saturated carbocycles. The van der Waals surface area contributed by atoms with E-state index in [0.29, 0.717) is 5.41 Å². The number of likely N-dealkylation sites (tertiary alicyclic amines) is 1. The molecule has 0 aromatic rings. The molecule has 0 spiro atoms. The van der Waals surface area contributed by atoms with Gasteiger partial charge in [0.25, 0.3) is 0 Å². The molecule has 15 heavy (non-hydrogen) atoms. The molecule has 2 heteroatoms. The quantitative estimate of drug-likeness (QED) is 0.759. The molecule has 0 amide bonds.